The highest BCUT2D eigenvalue weighted by molar-refractivity contribution is 6.09. The van der Waals surface area contributed by atoms with Gasteiger partial charge >= 0.3 is 0 Å². The van der Waals surface area contributed by atoms with Gasteiger partial charge in [0.1, 0.15) is 0 Å². The molecule has 2 heterocycles. The molecule has 0 bridgehead atoms. The Hall–Kier alpha value is -7.15. The number of benzene rings is 8. The first-order chi connectivity index (χ1) is 26.3. The van der Waals surface area contributed by atoms with E-state index in [1.54, 1.807) is 0 Å². The van der Waals surface area contributed by atoms with E-state index in [0.29, 0.717) is 5.56 Å². The molecule has 0 atom stereocenters. The predicted molar refractivity (Wildman–Crippen MR) is 216 cm³/mol. The van der Waals surface area contributed by atoms with Crippen LogP contribution in [0.3, 0.4) is 0 Å². The zero-order valence-electron chi connectivity index (χ0n) is 28.7. The fourth-order valence-corrected chi connectivity index (χ4v) is 9.30. The molecule has 0 radical (unpaired) electrons. The normalized spacial score (nSPS) is 13.4. The van der Waals surface area contributed by atoms with E-state index >= 15 is 0 Å². The lowest BCUT2D eigenvalue weighted by molar-refractivity contribution is 0.752. The smallest absolute Gasteiger partial charge is 0.0991 e. The third kappa shape index (κ3) is 4.04. The molecule has 0 fully saturated rings. The molecule has 1 aromatic heterocycles. The van der Waals surface area contributed by atoms with Gasteiger partial charge in [0.05, 0.1) is 39.5 Å². The number of nitriles is 1. The lowest BCUT2D eigenvalue weighted by Crippen LogP contribution is -2.36. The van der Waals surface area contributed by atoms with Gasteiger partial charge in [-0.2, -0.15) is 5.26 Å². The maximum Gasteiger partial charge on any atom is 0.0991 e. The highest BCUT2D eigenvalue weighted by Gasteiger charge is 2.51. The number of aromatic nitrogens is 1. The maximum absolute atomic E-state index is 9.62. The first-order valence-electron chi connectivity index (χ1n) is 18.1. The molecule has 0 amide bonds. The SMILES string of the molecule is N#Cc1ccc(-c2cc(N3c4ccccc4C4(c5ccccc5-c5ccccc54)c4ccccc43)cc(-n3c4ccccc4c4ccccc43)c2)cc1. The highest BCUT2D eigenvalue weighted by Crippen LogP contribution is 2.63. The van der Waals surface area contributed by atoms with Crippen molar-refractivity contribution in [3.05, 3.63) is 216 Å². The van der Waals surface area contributed by atoms with Crippen molar-refractivity contribution in [2.45, 2.75) is 5.41 Å². The number of hydrogen-bond donors (Lipinski definition) is 0. The number of fused-ring (bicyclic) bond motifs is 12. The largest absolute Gasteiger partial charge is 0.310 e. The first kappa shape index (κ1) is 29.6. The Kier molecular flexibility index (Phi) is 6.23. The third-order valence-electron chi connectivity index (χ3n) is 11.4. The number of para-hydroxylation sites is 4. The molecule has 1 aliphatic heterocycles. The van der Waals surface area contributed by atoms with E-state index in [2.05, 4.69) is 191 Å². The van der Waals surface area contributed by atoms with E-state index in [1.165, 1.54) is 44.2 Å². The van der Waals surface area contributed by atoms with Crippen LogP contribution in [-0.4, -0.2) is 4.57 Å². The molecule has 0 N–H and O–H groups in total. The van der Waals surface area contributed by atoms with Crippen molar-refractivity contribution in [1.82, 2.24) is 4.57 Å². The predicted octanol–water partition coefficient (Wildman–Crippen LogP) is 12.5. The van der Waals surface area contributed by atoms with Crippen LogP contribution in [0.1, 0.15) is 27.8 Å². The Morgan fingerprint density at radius 1 is 0.415 bits per heavy atom. The minimum atomic E-state index is -0.475. The molecule has 246 valence electrons. The first-order valence-corrected chi connectivity index (χ1v) is 18.1. The van der Waals surface area contributed by atoms with Crippen molar-refractivity contribution in [2.75, 3.05) is 4.90 Å². The summed E-state index contributed by atoms with van der Waals surface area (Å²) >= 11 is 0. The molecule has 53 heavy (non-hydrogen) atoms. The van der Waals surface area contributed by atoms with Gasteiger partial charge in [-0.15, -0.1) is 0 Å². The number of anilines is 3. The van der Waals surface area contributed by atoms with Crippen molar-refractivity contribution >= 4 is 38.9 Å². The summed E-state index contributed by atoms with van der Waals surface area (Å²) in [5.41, 5.74) is 16.8. The van der Waals surface area contributed by atoms with Crippen LogP contribution < -0.4 is 4.90 Å². The Morgan fingerprint density at radius 2 is 0.887 bits per heavy atom. The van der Waals surface area contributed by atoms with E-state index in [4.69, 9.17) is 0 Å². The average molecular weight is 674 g/mol. The summed E-state index contributed by atoms with van der Waals surface area (Å²) in [5.74, 6) is 0. The molecule has 1 aliphatic carbocycles. The van der Waals surface area contributed by atoms with Crippen molar-refractivity contribution in [2.24, 2.45) is 0 Å². The second kappa shape index (κ2) is 11.2. The van der Waals surface area contributed by atoms with Gasteiger partial charge < -0.3 is 9.47 Å². The van der Waals surface area contributed by atoms with Crippen molar-refractivity contribution < 1.29 is 0 Å². The molecule has 0 saturated carbocycles. The molecule has 0 saturated heterocycles. The number of rotatable bonds is 3. The monoisotopic (exact) mass is 673 g/mol. The molecule has 8 aromatic carbocycles. The van der Waals surface area contributed by atoms with E-state index in [1.807, 2.05) is 12.1 Å². The lowest BCUT2D eigenvalue weighted by Gasteiger charge is -2.45. The molecular weight excluding hydrogens is 643 g/mol. The standard InChI is InChI=1S/C50H31N3/c51-32-33-25-27-34(28-26-33)35-29-36(52-46-21-9-3-15-40(46)41-16-4-10-22-47(41)52)31-37(30-35)53-48-23-11-7-19-44(48)50(45-20-8-12-24-49(45)53)42-17-5-1-13-38(42)39-14-2-6-18-43(39)50/h1-31H. The molecule has 11 rings (SSSR count). The Bertz CT molecular complexity index is 2830. The molecule has 2 aliphatic rings. The third-order valence-corrected chi connectivity index (χ3v) is 11.4. The summed E-state index contributed by atoms with van der Waals surface area (Å²) in [6, 6.07) is 70.3. The van der Waals surface area contributed by atoms with Crippen LogP contribution in [-0.2, 0) is 5.41 Å². The van der Waals surface area contributed by atoms with Crippen LogP contribution in [0.2, 0.25) is 0 Å². The van der Waals surface area contributed by atoms with Crippen molar-refractivity contribution in [3.8, 4) is 34.0 Å². The molecule has 1 spiro atoms. The fraction of sp³-hybridized carbons (Fsp3) is 0.0200. The average Bonchev–Trinajstić information content (AvgIpc) is 3.72. The second-order valence-corrected chi connectivity index (χ2v) is 14.0. The van der Waals surface area contributed by atoms with E-state index in [-0.39, 0.29) is 0 Å². The minimum absolute atomic E-state index is 0.475. The molecular formula is C50H31N3. The van der Waals surface area contributed by atoms with Crippen LogP contribution in [0.15, 0.2) is 188 Å². The van der Waals surface area contributed by atoms with Gasteiger partial charge in [0.15, 0.2) is 0 Å². The van der Waals surface area contributed by atoms with Gasteiger partial charge in [0, 0.05) is 22.1 Å². The second-order valence-electron chi connectivity index (χ2n) is 14.0. The van der Waals surface area contributed by atoms with E-state index < -0.39 is 5.41 Å². The highest BCUT2D eigenvalue weighted by atomic mass is 15.2. The van der Waals surface area contributed by atoms with E-state index in [9.17, 15) is 5.26 Å². The van der Waals surface area contributed by atoms with Gasteiger partial charge in [0.25, 0.3) is 0 Å². The molecule has 9 aromatic rings. The summed E-state index contributed by atoms with van der Waals surface area (Å²) in [6.07, 6.45) is 0. The van der Waals surface area contributed by atoms with Gasteiger partial charge in [-0.1, -0.05) is 133 Å². The zero-order chi connectivity index (χ0) is 35.1. The van der Waals surface area contributed by atoms with Crippen LogP contribution >= 0.6 is 0 Å². The summed E-state index contributed by atoms with van der Waals surface area (Å²) in [5, 5.41) is 12.1. The number of hydrogen-bond acceptors (Lipinski definition) is 2. The maximum atomic E-state index is 9.62. The van der Waals surface area contributed by atoms with Gasteiger partial charge in [-0.25, -0.2) is 0 Å². The molecule has 3 heteroatoms. The van der Waals surface area contributed by atoms with Crippen LogP contribution in [0, 0.1) is 11.3 Å². The summed E-state index contributed by atoms with van der Waals surface area (Å²) in [6.45, 7) is 0. The van der Waals surface area contributed by atoms with Crippen LogP contribution in [0.4, 0.5) is 17.1 Å². The Balaban J connectivity index is 1.23. The summed E-state index contributed by atoms with van der Waals surface area (Å²) < 4.78 is 2.40. The van der Waals surface area contributed by atoms with Crippen LogP contribution in [0.5, 0.6) is 0 Å². The topological polar surface area (TPSA) is 32.0 Å². The number of nitrogens with zero attached hydrogens (tertiary/aromatic N) is 3. The summed E-state index contributed by atoms with van der Waals surface area (Å²) in [4.78, 5) is 2.46. The van der Waals surface area contributed by atoms with Gasteiger partial charge in [0.2, 0.25) is 0 Å². The zero-order valence-corrected chi connectivity index (χ0v) is 28.7. The lowest BCUT2D eigenvalue weighted by atomic mass is 9.64. The molecule has 3 nitrogen and oxygen atoms in total. The van der Waals surface area contributed by atoms with E-state index in [0.717, 1.165) is 44.9 Å². The van der Waals surface area contributed by atoms with Crippen molar-refractivity contribution in [1.29, 1.82) is 5.26 Å². The Labute approximate surface area is 307 Å². The molecule has 0 unspecified atom stereocenters. The van der Waals surface area contributed by atoms with Crippen molar-refractivity contribution in [3.63, 3.8) is 0 Å². The minimum Gasteiger partial charge on any atom is -0.310 e. The van der Waals surface area contributed by atoms with Crippen LogP contribution in [0.25, 0.3) is 49.7 Å². The fourth-order valence-electron chi connectivity index (χ4n) is 9.30. The quantitative estimate of drug-likeness (QED) is 0.187. The summed E-state index contributed by atoms with van der Waals surface area (Å²) in [7, 11) is 0. The Morgan fingerprint density at radius 3 is 1.45 bits per heavy atom. The van der Waals surface area contributed by atoms with Gasteiger partial charge in [-0.05, 0) is 99.1 Å². The van der Waals surface area contributed by atoms with Gasteiger partial charge in [-0.3, -0.25) is 0 Å².